The number of amides is 1. The fraction of sp³-hybridized carbons (Fsp3) is 0.0500. The Kier molecular flexibility index (Phi) is 4.30. The number of rotatable bonds is 4. The van der Waals surface area contributed by atoms with Crippen molar-refractivity contribution < 1.29 is 9.53 Å². The predicted molar refractivity (Wildman–Crippen MR) is 97.7 cm³/mol. The number of para-hydroxylation sites is 2. The summed E-state index contributed by atoms with van der Waals surface area (Å²) >= 11 is 0. The second kappa shape index (κ2) is 7.06. The van der Waals surface area contributed by atoms with Crippen LogP contribution >= 0.6 is 0 Å². The number of hydrogen-bond acceptors (Lipinski definition) is 4. The minimum Gasteiger partial charge on any atom is -0.410 e. The Hall–Kier alpha value is -3.67. The molecule has 4 aromatic rings. The summed E-state index contributed by atoms with van der Waals surface area (Å²) in [6, 6.07) is 26.1. The fourth-order valence-electron chi connectivity index (χ4n) is 2.74. The molecule has 6 heteroatoms. The maximum Gasteiger partial charge on any atom is 0.414 e. The predicted octanol–water partition coefficient (Wildman–Crippen LogP) is 3.77. The molecule has 0 bridgehead atoms. The lowest BCUT2D eigenvalue weighted by molar-refractivity contribution is 0.193. The molecule has 0 aliphatic rings. The van der Waals surface area contributed by atoms with E-state index in [-0.39, 0.29) is 0 Å². The van der Waals surface area contributed by atoms with E-state index in [2.05, 4.69) is 15.6 Å². The van der Waals surface area contributed by atoms with Crippen LogP contribution in [0.5, 0.6) is 5.75 Å². The number of ether oxygens (including phenoxy) is 1. The number of nitrogens with one attached hydrogen (secondary N) is 1. The molecule has 0 aliphatic carbocycles. The Morgan fingerprint density at radius 1 is 0.885 bits per heavy atom. The zero-order valence-corrected chi connectivity index (χ0v) is 13.8. The number of aromatic nitrogens is 3. The van der Waals surface area contributed by atoms with Crippen LogP contribution in [0.4, 0.5) is 4.79 Å². The number of hydrogen-bond donors (Lipinski definition) is 1. The normalized spacial score (nSPS) is 11.8. The summed E-state index contributed by atoms with van der Waals surface area (Å²) in [6.07, 6.45) is -1.11. The van der Waals surface area contributed by atoms with Gasteiger partial charge in [-0.2, -0.15) is 0 Å². The van der Waals surface area contributed by atoms with E-state index >= 15 is 0 Å². The highest BCUT2D eigenvalue weighted by Gasteiger charge is 2.21. The quantitative estimate of drug-likeness (QED) is 0.612. The zero-order chi connectivity index (χ0) is 17.8. The molecule has 1 amide bonds. The van der Waals surface area contributed by atoms with Crippen LogP contribution in [0.2, 0.25) is 0 Å². The molecule has 3 aromatic carbocycles. The number of carbonyl (C=O) groups is 1. The van der Waals surface area contributed by atoms with E-state index in [0.29, 0.717) is 5.75 Å². The molecule has 4 rings (SSSR count). The van der Waals surface area contributed by atoms with Crippen molar-refractivity contribution in [3.63, 3.8) is 0 Å². The van der Waals surface area contributed by atoms with Crippen molar-refractivity contribution >= 4 is 17.1 Å². The lowest BCUT2D eigenvalue weighted by Gasteiger charge is -2.19. The monoisotopic (exact) mass is 344 g/mol. The van der Waals surface area contributed by atoms with Crippen molar-refractivity contribution in [1.82, 2.24) is 20.3 Å². The van der Waals surface area contributed by atoms with Gasteiger partial charge in [-0.15, -0.1) is 5.10 Å². The average molecular weight is 344 g/mol. The first-order chi connectivity index (χ1) is 12.8. The van der Waals surface area contributed by atoms with Crippen molar-refractivity contribution in [2.45, 2.75) is 6.17 Å². The van der Waals surface area contributed by atoms with E-state index in [1.165, 1.54) is 0 Å². The second-order valence-electron chi connectivity index (χ2n) is 5.68. The Bertz CT molecular complexity index is 1020. The molecular weight excluding hydrogens is 328 g/mol. The Morgan fingerprint density at radius 2 is 1.54 bits per heavy atom. The minimum atomic E-state index is -0.565. The summed E-state index contributed by atoms with van der Waals surface area (Å²) in [6.45, 7) is 0. The van der Waals surface area contributed by atoms with Gasteiger partial charge in [0.05, 0.1) is 5.52 Å². The van der Waals surface area contributed by atoms with Crippen LogP contribution in [-0.4, -0.2) is 21.1 Å². The molecule has 0 saturated heterocycles. The Morgan fingerprint density at radius 3 is 2.31 bits per heavy atom. The van der Waals surface area contributed by atoms with Crippen molar-refractivity contribution in [1.29, 1.82) is 0 Å². The van der Waals surface area contributed by atoms with E-state index in [4.69, 9.17) is 4.74 Å². The van der Waals surface area contributed by atoms with Crippen molar-refractivity contribution in [3.05, 3.63) is 90.5 Å². The average Bonchev–Trinajstić information content (AvgIpc) is 3.11. The summed E-state index contributed by atoms with van der Waals surface area (Å²) in [5.74, 6) is 0.472. The molecule has 26 heavy (non-hydrogen) atoms. The van der Waals surface area contributed by atoms with Gasteiger partial charge in [-0.1, -0.05) is 65.9 Å². The molecule has 0 fully saturated rings. The summed E-state index contributed by atoms with van der Waals surface area (Å²) in [5.41, 5.74) is 2.45. The highest BCUT2D eigenvalue weighted by atomic mass is 16.6. The van der Waals surface area contributed by atoms with Crippen molar-refractivity contribution in [2.24, 2.45) is 0 Å². The SMILES string of the molecule is O=C(NC(c1ccccc1)n1nnc2ccccc21)Oc1ccccc1. The summed E-state index contributed by atoms with van der Waals surface area (Å²) in [5, 5.41) is 11.3. The van der Waals surface area contributed by atoms with E-state index in [1.54, 1.807) is 16.8 Å². The fourth-order valence-corrected chi connectivity index (χ4v) is 2.74. The van der Waals surface area contributed by atoms with Crippen LogP contribution in [0, 0.1) is 0 Å². The number of nitrogens with zero attached hydrogens (tertiary/aromatic N) is 3. The molecule has 128 valence electrons. The largest absolute Gasteiger partial charge is 0.414 e. The van der Waals surface area contributed by atoms with Crippen molar-refractivity contribution in [2.75, 3.05) is 0 Å². The van der Waals surface area contributed by atoms with Gasteiger partial charge in [0.15, 0.2) is 6.17 Å². The van der Waals surface area contributed by atoms with E-state index in [9.17, 15) is 4.79 Å². The van der Waals surface area contributed by atoms with Gasteiger partial charge >= 0.3 is 6.09 Å². The molecule has 0 aliphatic heterocycles. The minimum absolute atomic E-state index is 0.472. The van der Waals surface area contributed by atoms with Crippen LogP contribution in [0.1, 0.15) is 11.7 Å². The maximum absolute atomic E-state index is 12.4. The second-order valence-corrected chi connectivity index (χ2v) is 5.68. The molecule has 1 N–H and O–H groups in total. The van der Waals surface area contributed by atoms with E-state index < -0.39 is 12.3 Å². The third kappa shape index (κ3) is 3.25. The number of fused-ring (bicyclic) bond motifs is 1. The van der Waals surface area contributed by atoms with Crippen LogP contribution in [0.3, 0.4) is 0 Å². The third-order valence-corrected chi connectivity index (χ3v) is 3.95. The van der Waals surface area contributed by atoms with Gasteiger partial charge in [-0.05, 0) is 29.8 Å². The molecule has 0 radical (unpaired) electrons. The van der Waals surface area contributed by atoms with Gasteiger partial charge in [0.2, 0.25) is 0 Å². The van der Waals surface area contributed by atoms with Crippen LogP contribution < -0.4 is 10.1 Å². The highest BCUT2D eigenvalue weighted by molar-refractivity contribution is 5.75. The molecule has 1 unspecified atom stereocenters. The van der Waals surface area contributed by atoms with Gasteiger partial charge in [0.1, 0.15) is 11.3 Å². The summed E-state index contributed by atoms with van der Waals surface area (Å²) < 4.78 is 7.04. The van der Waals surface area contributed by atoms with Gasteiger partial charge in [0.25, 0.3) is 0 Å². The number of carbonyl (C=O) groups excluding carboxylic acids is 1. The molecule has 1 heterocycles. The van der Waals surface area contributed by atoms with Crippen LogP contribution in [-0.2, 0) is 0 Å². The van der Waals surface area contributed by atoms with E-state index in [1.807, 2.05) is 72.8 Å². The summed E-state index contributed by atoms with van der Waals surface area (Å²) in [4.78, 5) is 12.4. The Balaban J connectivity index is 1.67. The van der Waals surface area contributed by atoms with Crippen LogP contribution in [0.15, 0.2) is 84.9 Å². The summed E-state index contributed by atoms with van der Waals surface area (Å²) in [7, 11) is 0. The first-order valence-corrected chi connectivity index (χ1v) is 8.19. The van der Waals surface area contributed by atoms with Gasteiger partial charge in [-0.3, -0.25) is 5.32 Å². The smallest absolute Gasteiger partial charge is 0.410 e. The number of benzene rings is 3. The standard InChI is InChI=1S/C20H16N4O2/c25-20(26-16-11-5-2-6-12-16)21-19(15-9-3-1-4-10-15)24-18-14-8-7-13-17(18)22-23-24/h1-14,19H,(H,21,25). The highest BCUT2D eigenvalue weighted by Crippen LogP contribution is 2.20. The first-order valence-electron chi connectivity index (χ1n) is 8.19. The molecular formula is C20H16N4O2. The van der Waals surface area contributed by atoms with Crippen LogP contribution in [0.25, 0.3) is 11.0 Å². The van der Waals surface area contributed by atoms with Gasteiger partial charge in [0, 0.05) is 0 Å². The zero-order valence-electron chi connectivity index (χ0n) is 13.8. The lowest BCUT2D eigenvalue weighted by Crippen LogP contribution is -2.35. The van der Waals surface area contributed by atoms with Crippen molar-refractivity contribution in [3.8, 4) is 5.75 Å². The maximum atomic E-state index is 12.4. The lowest BCUT2D eigenvalue weighted by atomic mass is 10.1. The molecule has 0 saturated carbocycles. The van der Waals surface area contributed by atoms with E-state index in [0.717, 1.165) is 16.6 Å². The first kappa shape index (κ1) is 15.8. The molecule has 1 aromatic heterocycles. The Labute approximate surface area is 150 Å². The molecule has 1 atom stereocenters. The third-order valence-electron chi connectivity index (χ3n) is 3.95. The molecule has 6 nitrogen and oxygen atoms in total. The van der Waals surface area contributed by atoms with Gasteiger partial charge < -0.3 is 4.74 Å². The topological polar surface area (TPSA) is 69.0 Å². The molecule has 0 spiro atoms. The van der Waals surface area contributed by atoms with Gasteiger partial charge in [-0.25, -0.2) is 9.48 Å².